The van der Waals surface area contributed by atoms with Crippen molar-refractivity contribution in [3.63, 3.8) is 0 Å². The first-order chi connectivity index (χ1) is 9.05. The highest BCUT2D eigenvalue weighted by atomic mass is 32.2. The van der Waals surface area contributed by atoms with E-state index in [1.165, 1.54) is 30.9 Å². The van der Waals surface area contributed by atoms with Crippen LogP contribution in [0.4, 0.5) is 5.82 Å². The molecule has 0 aliphatic heterocycles. The van der Waals surface area contributed by atoms with E-state index in [0.717, 1.165) is 0 Å². The van der Waals surface area contributed by atoms with Crippen LogP contribution in [-0.4, -0.2) is 23.0 Å². The maximum absolute atomic E-state index is 12.0. The molecule has 0 saturated heterocycles. The van der Waals surface area contributed by atoms with Crippen LogP contribution in [0.2, 0.25) is 0 Å². The van der Waals surface area contributed by atoms with Crippen molar-refractivity contribution in [2.75, 3.05) is 4.72 Å². The number of hydrogen-bond acceptors (Lipinski definition) is 5. The SMILES string of the molecule is CCn1cnc(S(=O)(=O)Nc2ccc(C#N)cn2)c1. The molecule has 0 spiro atoms. The highest BCUT2D eigenvalue weighted by molar-refractivity contribution is 7.92. The quantitative estimate of drug-likeness (QED) is 0.897. The molecule has 0 bridgehead atoms. The Hall–Kier alpha value is -2.40. The second-order valence-electron chi connectivity index (χ2n) is 3.69. The molecule has 98 valence electrons. The Labute approximate surface area is 110 Å². The normalized spacial score (nSPS) is 10.9. The Morgan fingerprint density at radius 2 is 2.21 bits per heavy atom. The van der Waals surface area contributed by atoms with E-state index in [2.05, 4.69) is 14.7 Å². The molecule has 2 rings (SSSR count). The highest BCUT2D eigenvalue weighted by Gasteiger charge is 2.17. The first kappa shape index (κ1) is 13.0. The summed E-state index contributed by atoms with van der Waals surface area (Å²) in [4.78, 5) is 7.66. The number of pyridine rings is 1. The molecule has 8 heteroatoms. The summed E-state index contributed by atoms with van der Waals surface area (Å²) in [5.74, 6) is 0.144. The molecule has 19 heavy (non-hydrogen) atoms. The van der Waals surface area contributed by atoms with Crippen molar-refractivity contribution < 1.29 is 8.42 Å². The molecule has 7 nitrogen and oxygen atoms in total. The molecule has 0 unspecified atom stereocenters. The summed E-state index contributed by atoms with van der Waals surface area (Å²) < 4.78 is 27.9. The van der Waals surface area contributed by atoms with E-state index in [4.69, 9.17) is 5.26 Å². The van der Waals surface area contributed by atoms with Gasteiger partial charge in [0, 0.05) is 18.9 Å². The number of sulfonamides is 1. The van der Waals surface area contributed by atoms with Crippen molar-refractivity contribution in [3.8, 4) is 6.07 Å². The summed E-state index contributed by atoms with van der Waals surface area (Å²) in [6.45, 7) is 2.52. The molecular formula is C11H11N5O2S. The van der Waals surface area contributed by atoms with E-state index >= 15 is 0 Å². The minimum Gasteiger partial charge on any atom is -0.336 e. The van der Waals surface area contributed by atoms with Gasteiger partial charge in [-0.2, -0.15) is 13.7 Å². The molecule has 0 saturated carbocycles. The third-order valence-corrected chi connectivity index (χ3v) is 3.62. The molecule has 2 heterocycles. The molecule has 0 aliphatic carbocycles. The maximum atomic E-state index is 12.0. The fourth-order valence-corrected chi connectivity index (χ4v) is 2.32. The van der Waals surface area contributed by atoms with Crippen LogP contribution in [0, 0.1) is 11.3 Å². The molecule has 0 amide bonds. The first-order valence-corrected chi connectivity index (χ1v) is 6.94. The molecule has 2 aromatic rings. The van der Waals surface area contributed by atoms with Crippen LogP contribution in [0.1, 0.15) is 12.5 Å². The zero-order valence-corrected chi connectivity index (χ0v) is 10.9. The second-order valence-corrected chi connectivity index (χ2v) is 5.32. The number of hydrogen-bond donors (Lipinski definition) is 1. The van der Waals surface area contributed by atoms with E-state index in [1.807, 2.05) is 13.0 Å². The van der Waals surface area contributed by atoms with Gasteiger partial charge in [0.15, 0.2) is 5.03 Å². The maximum Gasteiger partial charge on any atom is 0.282 e. The van der Waals surface area contributed by atoms with Gasteiger partial charge in [0.2, 0.25) is 0 Å². The Morgan fingerprint density at radius 3 is 2.74 bits per heavy atom. The molecule has 0 aliphatic rings. The van der Waals surface area contributed by atoms with Crippen molar-refractivity contribution in [1.82, 2.24) is 14.5 Å². The summed E-state index contributed by atoms with van der Waals surface area (Å²) in [5, 5.41) is 8.56. The molecule has 0 atom stereocenters. The van der Waals surface area contributed by atoms with Gasteiger partial charge >= 0.3 is 0 Å². The number of rotatable bonds is 4. The van der Waals surface area contributed by atoms with Gasteiger partial charge in [-0.25, -0.2) is 9.97 Å². The lowest BCUT2D eigenvalue weighted by molar-refractivity contribution is 0.598. The zero-order valence-electron chi connectivity index (χ0n) is 10.1. The Bertz CT molecular complexity index is 712. The minimum atomic E-state index is -3.75. The predicted molar refractivity (Wildman–Crippen MR) is 67.7 cm³/mol. The van der Waals surface area contributed by atoms with Gasteiger partial charge in [-0.3, -0.25) is 4.72 Å². The summed E-state index contributed by atoms with van der Waals surface area (Å²) in [5.41, 5.74) is 0.359. The van der Waals surface area contributed by atoms with Crippen LogP contribution < -0.4 is 4.72 Å². The van der Waals surface area contributed by atoms with Crippen LogP contribution >= 0.6 is 0 Å². The first-order valence-electron chi connectivity index (χ1n) is 5.46. The third kappa shape index (κ3) is 2.89. The number of anilines is 1. The van der Waals surface area contributed by atoms with Gasteiger partial charge in [0.05, 0.1) is 11.9 Å². The smallest absolute Gasteiger partial charge is 0.282 e. The van der Waals surface area contributed by atoms with Gasteiger partial charge in [0.25, 0.3) is 10.0 Å². The lowest BCUT2D eigenvalue weighted by atomic mass is 10.3. The van der Waals surface area contributed by atoms with E-state index in [9.17, 15) is 8.42 Å². The van der Waals surface area contributed by atoms with E-state index < -0.39 is 10.0 Å². The average Bonchev–Trinajstić information content (AvgIpc) is 2.89. The largest absolute Gasteiger partial charge is 0.336 e. The number of aryl methyl sites for hydroxylation is 1. The molecular weight excluding hydrogens is 266 g/mol. The average molecular weight is 277 g/mol. The van der Waals surface area contributed by atoms with Crippen LogP contribution in [0.25, 0.3) is 0 Å². The number of aromatic nitrogens is 3. The minimum absolute atomic E-state index is 0.0690. The lowest BCUT2D eigenvalue weighted by Gasteiger charge is -2.04. The van der Waals surface area contributed by atoms with Gasteiger partial charge in [-0.05, 0) is 19.1 Å². The molecule has 0 radical (unpaired) electrons. The van der Waals surface area contributed by atoms with Crippen molar-refractivity contribution in [2.24, 2.45) is 0 Å². The van der Waals surface area contributed by atoms with Gasteiger partial charge in [0.1, 0.15) is 11.9 Å². The van der Waals surface area contributed by atoms with E-state index in [1.54, 1.807) is 4.57 Å². The molecule has 0 fully saturated rings. The summed E-state index contributed by atoms with van der Waals surface area (Å²) in [6, 6.07) is 4.81. The van der Waals surface area contributed by atoms with Crippen molar-refractivity contribution >= 4 is 15.8 Å². The third-order valence-electron chi connectivity index (χ3n) is 2.38. The topological polar surface area (TPSA) is 101 Å². The Kier molecular flexibility index (Phi) is 3.48. The lowest BCUT2D eigenvalue weighted by Crippen LogP contribution is -2.14. The van der Waals surface area contributed by atoms with Gasteiger partial charge in [-0.1, -0.05) is 0 Å². The fourth-order valence-electron chi connectivity index (χ4n) is 1.36. The van der Waals surface area contributed by atoms with Crippen LogP contribution in [0.15, 0.2) is 35.9 Å². The number of nitriles is 1. The Balaban J connectivity index is 2.23. The summed E-state index contributed by atoms with van der Waals surface area (Å²) in [6.07, 6.45) is 4.18. The highest BCUT2D eigenvalue weighted by Crippen LogP contribution is 2.12. The number of imidazole rings is 1. The van der Waals surface area contributed by atoms with Gasteiger partial charge in [-0.15, -0.1) is 0 Å². The summed E-state index contributed by atoms with van der Waals surface area (Å²) >= 11 is 0. The standard InChI is InChI=1S/C11H11N5O2S/c1-2-16-7-11(14-8-16)19(17,18)15-10-4-3-9(5-12)6-13-10/h3-4,6-8H,2H2,1H3,(H,13,15). The Morgan fingerprint density at radius 1 is 1.42 bits per heavy atom. The number of nitrogens with zero attached hydrogens (tertiary/aromatic N) is 4. The fraction of sp³-hybridized carbons (Fsp3) is 0.182. The van der Waals surface area contributed by atoms with Crippen molar-refractivity contribution in [1.29, 1.82) is 5.26 Å². The van der Waals surface area contributed by atoms with Crippen LogP contribution in [0.5, 0.6) is 0 Å². The molecule has 0 aromatic carbocycles. The monoisotopic (exact) mass is 277 g/mol. The second kappa shape index (κ2) is 5.07. The zero-order chi connectivity index (χ0) is 13.9. The van der Waals surface area contributed by atoms with Crippen LogP contribution in [0.3, 0.4) is 0 Å². The van der Waals surface area contributed by atoms with Crippen LogP contribution in [-0.2, 0) is 16.6 Å². The molecule has 1 N–H and O–H groups in total. The van der Waals surface area contributed by atoms with E-state index in [-0.39, 0.29) is 10.8 Å². The van der Waals surface area contributed by atoms with Crippen molar-refractivity contribution in [2.45, 2.75) is 18.5 Å². The van der Waals surface area contributed by atoms with E-state index in [0.29, 0.717) is 12.1 Å². The summed E-state index contributed by atoms with van der Waals surface area (Å²) in [7, 11) is -3.75. The van der Waals surface area contributed by atoms with Gasteiger partial charge < -0.3 is 4.57 Å². The number of nitrogens with one attached hydrogen (secondary N) is 1. The van der Waals surface area contributed by atoms with Crippen molar-refractivity contribution in [3.05, 3.63) is 36.4 Å². The molecule has 2 aromatic heterocycles. The predicted octanol–water partition coefficient (Wildman–Crippen LogP) is 0.970.